The van der Waals surface area contributed by atoms with Crippen molar-refractivity contribution in [2.45, 2.75) is 13.5 Å². The summed E-state index contributed by atoms with van der Waals surface area (Å²) in [7, 11) is 2.06. The maximum atomic E-state index is 9.34. The summed E-state index contributed by atoms with van der Waals surface area (Å²) in [5, 5.41) is 12.5. The van der Waals surface area contributed by atoms with Crippen LogP contribution in [-0.2, 0) is 11.3 Å². The van der Waals surface area contributed by atoms with Crippen molar-refractivity contribution < 1.29 is 9.84 Å². The van der Waals surface area contributed by atoms with Gasteiger partial charge in [0.05, 0.1) is 35.9 Å². The van der Waals surface area contributed by atoms with Gasteiger partial charge in [0.25, 0.3) is 0 Å². The summed E-state index contributed by atoms with van der Waals surface area (Å²) in [6.07, 6.45) is 0. The van der Waals surface area contributed by atoms with Crippen molar-refractivity contribution in [1.29, 1.82) is 0 Å². The predicted molar refractivity (Wildman–Crippen MR) is 63.5 cm³/mol. The smallest absolute Gasteiger partial charge is 0.0897 e. The molecule has 0 atom stereocenters. The molecule has 16 heavy (non-hydrogen) atoms. The molecule has 1 N–H and O–H groups in total. The van der Waals surface area contributed by atoms with Crippen LogP contribution in [0.2, 0.25) is 0 Å². The average molecular weight is 242 g/mol. The second kappa shape index (κ2) is 4.79. The maximum Gasteiger partial charge on any atom is 0.0897 e. The summed E-state index contributed by atoms with van der Waals surface area (Å²) < 4.78 is 5.18. The molecular weight excluding hydrogens is 224 g/mol. The maximum absolute atomic E-state index is 9.34. The van der Waals surface area contributed by atoms with Crippen molar-refractivity contribution in [1.82, 2.24) is 9.88 Å². The van der Waals surface area contributed by atoms with Gasteiger partial charge in [-0.05, 0) is 14.0 Å². The minimum Gasteiger partial charge on any atom is -0.396 e. The molecule has 0 aliphatic carbocycles. The largest absolute Gasteiger partial charge is 0.396 e. The van der Waals surface area contributed by atoms with Crippen molar-refractivity contribution in [3.8, 4) is 0 Å². The number of aliphatic hydroxyl groups is 1. The zero-order valence-electron chi connectivity index (χ0n) is 9.77. The number of thiazole rings is 1. The van der Waals surface area contributed by atoms with E-state index < -0.39 is 0 Å². The van der Waals surface area contributed by atoms with Crippen molar-refractivity contribution in [3.63, 3.8) is 0 Å². The van der Waals surface area contributed by atoms with Gasteiger partial charge >= 0.3 is 0 Å². The molecule has 0 radical (unpaired) electrons. The van der Waals surface area contributed by atoms with Gasteiger partial charge in [0.15, 0.2) is 0 Å². The number of nitrogens with zero attached hydrogens (tertiary/aromatic N) is 2. The van der Waals surface area contributed by atoms with Crippen molar-refractivity contribution in [2.24, 2.45) is 5.41 Å². The van der Waals surface area contributed by atoms with Crippen molar-refractivity contribution in [2.75, 3.05) is 33.4 Å². The van der Waals surface area contributed by atoms with E-state index in [0.29, 0.717) is 13.2 Å². The Bertz CT molecular complexity index is 344. The van der Waals surface area contributed by atoms with Gasteiger partial charge in [-0.15, -0.1) is 11.3 Å². The van der Waals surface area contributed by atoms with Gasteiger partial charge in [-0.3, -0.25) is 4.90 Å². The highest BCUT2D eigenvalue weighted by Crippen LogP contribution is 2.28. The van der Waals surface area contributed by atoms with E-state index >= 15 is 0 Å². The highest BCUT2D eigenvalue weighted by Gasteiger charge is 2.38. The number of hydrogen-bond acceptors (Lipinski definition) is 5. The summed E-state index contributed by atoms with van der Waals surface area (Å²) in [6.45, 7) is 5.26. The molecule has 0 unspecified atom stereocenters. The molecule has 1 fully saturated rings. The number of aryl methyl sites for hydroxylation is 1. The molecule has 2 rings (SSSR count). The van der Waals surface area contributed by atoms with Gasteiger partial charge in [0.2, 0.25) is 0 Å². The van der Waals surface area contributed by atoms with Crippen LogP contribution in [0.5, 0.6) is 0 Å². The van der Waals surface area contributed by atoms with Crippen LogP contribution in [0.1, 0.15) is 10.7 Å². The van der Waals surface area contributed by atoms with E-state index in [-0.39, 0.29) is 12.0 Å². The van der Waals surface area contributed by atoms with Gasteiger partial charge in [0.1, 0.15) is 0 Å². The molecule has 1 aromatic rings. The lowest BCUT2D eigenvalue weighted by atomic mass is 9.86. The molecule has 1 aromatic heterocycles. The molecule has 0 bridgehead atoms. The first-order valence-electron chi connectivity index (χ1n) is 5.42. The minimum atomic E-state index is -0.0418. The third kappa shape index (κ3) is 2.60. The Labute approximate surface area is 99.9 Å². The Balaban J connectivity index is 1.86. The number of ether oxygens (including phenoxy) is 1. The third-order valence-corrected chi connectivity index (χ3v) is 3.68. The van der Waals surface area contributed by atoms with E-state index in [9.17, 15) is 5.11 Å². The summed E-state index contributed by atoms with van der Waals surface area (Å²) in [4.78, 5) is 6.64. The monoisotopic (exact) mass is 242 g/mol. The van der Waals surface area contributed by atoms with Gasteiger partial charge in [0, 0.05) is 18.5 Å². The van der Waals surface area contributed by atoms with Crippen LogP contribution in [0.3, 0.4) is 0 Å². The van der Waals surface area contributed by atoms with Gasteiger partial charge in [-0.25, -0.2) is 4.98 Å². The molecule has 1 saturated heterocycles. The fraction of sp³-hybridized carbons (Fsp3) is 0.727. The number of rotatable bonds is 5. The first-order chi connectivity index (χ1) is 7.63. The number of hydrogen-bond donors (Lipinski definition) is 1. The van der Waals surface area contributed by atoms with E-state index in [4.69, 9.17) is 4.74 Å². The fourth-order valence-electron chi connectivity index (χ4n) is 2.01. The molecule has 0 aromatic carbocycles. The second-order valence-corrected chi connectivity index (χ2v) is 5.74. The Kier molecular flexibility index (Phi) is 3.59. The first-order valence-corrected chi connectivity index (χ1v) is 6.30. The van der Waals surface area contributed by atoms with Crippen LogP contribution in [0.25, 0.3) is 0 Å². The Hall–Kier alpha value is -0.490. The average Bonchev–Trinajstić information content (AvgIpc) is 2.57. The molecule has 5 heteroatoms. The predicted octanol–water partition coefficient (Wildman–Crippen LogP) is 0.892. The summed E-state index contributed by atoms with van der Waals surface area (Å²) >= 11 is 1.68. The van der Waals surface area contributed by atoms with Crippen molar-refractivity contribution >= 4 is 11.3 Å². The van der Waals surface area contributed by atoms with Gasteiger partial charge < -0.3 is 9.84 Å². The number of aliphatic hydroxyl groups excluding tert-OH is 1. The highest BCUT2D eigenvalue weighted by molar-refractivity contribution is 7.09. The summed E-state index contributed by atoms with van der Waals surface area (Å²) in [6, 6.07) is 0. The molecule has 4 nitrogen and oxygen atoms in total. The van der Waals surface area contributed by atoms with Crippen LogP contribution in [0, 0.1) is 12.3 Å². The van der Waals surface area contributed by atoms with E-state index in [1.54, 1.807) is 11.3 Å². The van der Waals surface area contributed by atoms with E-state index in [1.807, 2.05) is 6.92 Å². The topological polar surface area (TPSA) is 45.6 Å². The molecule has 0 amide bonds. The third-order valence-electron chi connectivity index (χ3n) is 2.86. The quantitative estimate of drug-likeness (QED) is 0.833. The lowest BCUT2D eigenvalue weighted by molar-refractivity contribution is -0.147. The van der Waals surface area contributed by atoms with Crippen LogP contribution >= 0.6 is 11.3 Å². The Morgan fingerprint density at radius 2 is 2.38 bits per heavy atom. The standard InChI is InChI=1S/C11H18N2O2S/c1-9-12-10(4-16-9)3-13(2)5-11(6-14)7-15-8-11/h4,14H,3,5-8H2,1-2H3. The van der Waals surface area contributed by atoms with Gasteiger partial charge in [-0.1, -0.05) is 0 Å². The zero-order valence-corrected chi connectivity index (χ0v) is 10.6. The molecule has 0 saturated carbocycles. The SMILES string of the molecule is Cc1nc(CN(C)CC2(CO)COC2)cs1. The van der Waals surface area contributed by atoms with Crippen LogP contribution in [-0.4, -0.2) is 48.4 Å². The highest BCUT2D eigenvalue weighted by atomic mass is 32.1. The minimum absolute atomic E-state index is 0.0418. The lowest BCUT2D eigenvalue weighted by Gasteiger charge is -2.42. The molecule has 1 aliphatic rings. The molecule has 90 valence electrons. The number of aromatic nitrogens is 1. The second-order valence-electron chi connectivity index (χ2n) is 4.68. The van der Waals surface area contributed by atoms with E-state index in [0.717, 1.165) is 23.8 Å². The summed E-state index contributed by atoms with van der Waals surface area (Å²) in [5.74, 6) is 0. The van der Waals surface area contributed by atoms with Crippen LogP contribution < -0.4 is 0 Å². The van der Waals surface area contributed by atoms with Crippen LogP contribution in [0.15, 0.2) is 5.38 Å². The fourth-order valence-corrected chi connectivity index (χ4v) is 2.61. The van der Waals surface area contributed by atoms with Crippen LogP contribution in [0.4, 0.5) is 0 Å². The molecule has 0 spiro atoms. The molecule has 1 aliphatic heterocycles. The lowest BCUT2D eigenvalue weighted by Crippen LogP contribution is -2.52. The molecular formula is C11H18N2O2S. The summed E-state index contributed by atoms with van der Waals surface area (Å²) in [5.41, 5.74) is 1.07. The van der Waals surface area contributed by atoms with E-state index in [2.05, 4.69) is 22.3 Å². The Morgan fingerprint density at radius 1 is 1.62 bits per heavy atom. The Morgan fingerprint density at radius 3 is 2.81 bits per heavy atom. The van der Waals surface area contributed by atoms with Crippen molar-refractivity contribution in [3.05, 3.63) is 16.1 Å². The first kappa shape index (κ1) is 12.0. The van der Waals surface area contributed by atoms with E-state index in [1.165, 1.54) is 0 Å². The van der Waals surface area contributed by atoms with Gasteiger partial charge in [-0.2, -0.15) is 0 Å². The zero-order chi connectivity index (χ0) is 11.6. The molecule has 2 heterocycles. The normalized spacial score (nSPS) is 18.8.